The number of nitrogens with zero attached hydrogens (tertiary/aromatic N) is 2. The average Bonchev–Trinajstić information content (AvgIpc) is 2.86. The van der Waals surface area contributed by atoms with Crippen molar-refractivity contribution in [2.24, 2.45) is 0 Å². The zero-order chi connectivity index (χ0) is 24.1. The summed E-state index contributed by atoms with van der Waals surface area (Å²) in [5, 5.41) is 3.01. The van der Waals surface area contributed by atoms with Gasteiger partial charge in [-0.1, -0.05) is 54.2 Å². The molecule has 0 saturated carbocycles. The highest BCUT2D eigenvalue weighted by Crippen LogP contribution is 2.42. The van der Waals surface area contributed by atoms with Crippen molar-refractivity contribution < 1.29 is 9.59 Å². The average molecular weight is 472 g/mol. The Morgan fingerprint density at radius 3 is 2.53 bits per heavy atom. The van der Waals surface area contributed by atoms with Crippen LogP contribution in [0.25, 0.3) is 6.08 Å². The normalized spacial score (nSPS) is 14.1. The molecule has 0 atom stereocenters. The van der Waals surface area contributed by atoms with Gasteiger partial charge in [0, 0.05) is 42.8 Å². The van der Waals surface area contributed by atoms with Crippen LogP contribution < -0.4 is 15.1 Å². The lowest BCUT2D eigenvalue weighted by Gasteiger charge is -2.27. The number of thioether (sulfide) groups is 1. The fourth-order valence-electron chi connectivity index (χ4n) is 3.94. The van der Waals surface area contributed by atoms with Gasteiger partial charge in [0.05, 0.1) is 10.6 Å². The third-order valence-electron chi connectivity index (χ3n) is 5.96. The number of amides is 2. The Labute approximate surface area is 205 Å². The van der Waals surface area contributed by atoms with Crippen molar-refractivity contribution in [1.82, 2.24) is 5.32 Å². The fourth-order valence-corrected chi connectivity index (χ4v) is 5.02. The maximum absolute atomic E-state index is 13.0. The molecule has 174 valence electrons. The summed E-state index contributed by atoms with van der Waals surface area (Å²) in [7, 11) is 1.76. The van der Waals surface area contributed by atoms with Crippen molar-refractivity contribution in [1.29, 1.82) is 0 Å². The van der Waals surface area contributed by atoms with Crippen LogP contribution in [0.4, 0.5) is 11.4 Å². The van der Waals surface area contributed by atoms with Crippen LogP contribution in [0.1, 0.15) is 28.4 Å². The van der Waals surface area contributed by atoms with Gasteiger partial charge in [-0.25, -0.2) is 0 Å². The summed E-state index contributed by atoms with van der Waals surface area (Å²) in [6.07, 6.45) is 1.94. The van der Waals surface area contributed by atoms with E-state index in [9.17, 15) is 9.59 Å². The van der Waals surface area contributed by atoms with E-state index in [0.717, 1.165) is 40.5 Å². The van der Waals surface area contributed by atoms with Gasteiger partial charge >= 0.3 is 0 Å². The van der Waals surface area contributed by atoms with Gasteiger partial charge in [-0.05, 0) is 61.4 Å². The molecule has 0 fully saturated rings. The van der Waals surface area contributed by atoms with Crippen molar-refractivity contribution in [3.05, 3.63) is 94.4 Å². The van der Waals surface area contributed by atoms with E-state index in [4.69, 9.17) is 0 Å². The molecule has 0 radical (unpaired) electrons. The SMILES string of the molecule is CCN(CCNC(=O)c1ccc2c(c1)N(C)C(=O)C(=Cc1ccccc1C)S2)c1ccccc1. The molecule has 1 aliphatic heterocycles. The number of anilines is 2. The molecule has 0 saturated heterocycles. The molecular formula is C28H29N3O2S. The van der Waals surface area contributed by atoms with Crippen LogP contribution in [-0.4, -0.2) is 38.5 Å². The highest BCUT2D eigenvalue weighted by Gasteiger charge is 2.27. The van der Waals surface area contributed by atoms with E-state index < -0.39 is 0 Å². The summed E-state index contributed by atoms with van der Waals surface area (Å²) in [6.45, 7) is 6.25. The largest absolute Gasteiger partial charge is 0.370 e. The summed E-state index contributed by atoms with van der Waals surface area (Å²) < 4.78 is 0. The van der Waals surface area contributed by atoms with Crippen LogP contribution in [0.3, 0.4) is 0 Å². The molecule has 3 aromatic rings. The Bertz CT molecular complexity index is 1220. The van der Waals surface area contributed by atoms with Crippen molar-refractivity contribution in [2.45, 2.75) is 18.7 Å². The lowest BCUT2D eigenvalue weighted by molar-refractivity contribution is -0.114. The molecule has 0 aliphatic carbocycles. The molecular weight excluding hydrogens is 442 g/mol. The number of hydrogen-bond donors (Lipinski definition) is 1. The zero-order valence-corrected chi connectivity index (χ0v) is 20.6. The van der Waals surface area contributed by atoms with Gasteiger partial charge in [-0.15, -0.1) is 0 Å². The Morgan fingerprint density at radius 1 is 1.06 bits per heavy atom. The molecule has 2 amide bonds. The summed E-state index contributed by atoms with van der Waals surface area (Å²) >= 11 is 1.45. The number of hydrogen-bond acceptors (Lipinski definition) is 4. The molecule has 0 unspecified atom stereocenters. The van der Waals surface area contributed by atoms with Crippen molar-refractivity contribution in [3.63, 3.8) is 0 Å². The molecule has 1 N–H and O–H groups in total. The minimum Gasteiger partial charge on any atom is -0.370 e. The highest BCUT2D eigenvalue weighted by molar-refractivity contribution is 8.04. The molecule has 0 spiro atoms. The van der Waals surface area contributed by atoms with E-state index in [-0.39, 0.29) is 11.8 Å². The van der Waals surface area contributed by atoms with Gasteiger partial charge in [0.1, 0.15) is 0 Å². The fraction of sp³-hybridized carbons (Fsp3) is 0.214. The third-order valence-corrected chi connectivity index (χ3v) is 7.04. The van der Waals surface area contributed by atoms with Gasteiger partial charge in [0.25, 0.3) is 11.8 Å². The summed E-state index contributed by atoms with van der Waals surface area (Å²) in [4.78, 5) is 31.3. The van der Waals surface area contributed by atoms with Gasteiger partial charge in [-0.3, -0.25) is 9.59 Å². The van der Waals surface area contributed by atoms with E-state index in [1.165, 1.54) is 11.8 Å². The highest BCUT2D eigenvalue weighted by atomic mass is 32.2. The molecule has 5 nitrogen and oxygen atoms in total. The van der Waals surface area contributed by atoms with Crippen molar-refractivity contribution in [3.8, 4) is 0 Å². The van der Waals surface area contributed by atoms with Gasteiger partial charge in [0.15, 0.2) is 0 Å². The molecule has 0 aromatic heterocycles. The van der Waals surface area contributed by atoms with E-state index in [1.54, 1.807) is 18.0 Å². The number of fused-ring (bicyclic) bond motifs is 1. The number of nitrogens with one attached hydrogen (secondary N) is 1. The maximum atomic E-state index is 13.0. The summed E-state index contributed by atoms with van der Waals surface area (Å²) in [6, 6.07) is 23.7. The van der Waals surface area contributed by atoms with Crippen molar-refractivity contribution in [2.75, 3.05) is 36.5 Å². The lowest BCUT2D eigenvalue weighted by Crippen LogP contribution is -2.35. The van der Waals surface area contributed by atoms with Gasteiger partial charge in [0.2, 0.25) is 0 Å². The zero-order valence-electron chi connectivity index (χ0n) is 19.7. The molecule has 1 aliphatic rings. The van der Waals surface area contributed by atoms with Crippen LogP contribution in [0, 0.1) is 6.92 Å². The van der Waals surface area contributed by atoms with Crippen LogP contribution >= 0.6 is 11.8 Å². The molecule has 6 heteroatoms. The quantitative estimate of drug-likeness (QED) is 0.471. The van der Waals surface area contributed by atoms with Gasteiger partial charge in [-0.2, -0.15) is 0 Å². The summed E-state index contributed by atoms with van der Waals surface area (Å²) in [5.41, 5.74) is 4.59. The number of benzene rings is 3. The molecule has 0 bridgehead atoms. The number of likely N-dealkylation sites (N-methyl/N-ethyl adjacent to an activating group) is 2. The topological polar surface area (TPSA) is 52.7 Å². The Hall–Kier alpha value is -3.51. The first-order valence-corrected chi connectivity index (χ1v) is 12.2. The second-order valence-corrected chi connectivity index (χ2v) is 9.27. The van der Waals surface area contributed by atoms with Crippen molar-refractivity contribution >= 4 is 41.0 Å². The van der Waals surface area contributed by atoms with Crippen LogP contribution in [0.2, 0.25) is 0 Å². The minimum absolute atomic E-state index is 0.0697. The Morgan fingerprint density at radius 2 is 1.79 bits per heavy atom. The predicted octanol–water partition coefficient (Wildman–Crippen LogP) is 5.36. The third kappa shape index (κ3) is 5.18. The number of carbonyl (C=O) groups is 2. The van der Waals surface area contributed by atoms with E-state index in [2.05, 4.69) is 29.3 Å². The maximum Gasteiger partial charge on any atom is 0.264 e. The molecule has 34 heavy (non-hydrogen) atoms. The lowest BCUT2D eigenvalue weighted by atomic mass is 10.1. The first kappa shape index (κ1) is 23.6. The van der Waals surface area contributed by atoms with E-state index >= 15 is 0 Å². The second-order valence-electron chi connectivity index (χ2n) is 8.19. The smallest absolute Gasteiger partial charge is 0.264 e. The number of para-hydroxylation sites is 1. The van der Waals surface area contributed by atoms with Crippen LogP contribution in [0.5, 0.6) is 0 Å². The van der Waals surface area contributed by atoms with E-state index in [0.29, 0.717) is 17.0 Å². The molecule has 4 rings (SSSR count). The first-order valence-electron chi connectivity index (χ1n) is 11.4. The Kier molecular flexibility index (Phi) is 7.38. The predicted molar refractivity (Wildman–Crippen MR) is 142 cm³/mol. The van der Waals surface area contributed by atoms with E-state index in [1.807, 2.05) is 67.6 Å². The first-order chi connectivity index (χ1) is 16.5. The van der Waals surface area contributed by atoms with Crippen LogP contribution in [0.15, 0.2) is 82.6 Å². The number of aryl methyl sites for hydroxylation is 1. The second kappa shape index (κ2) is 10.6. The van der Waals surface area contributed by atoms with Crippen LogP contribution in [-0.2, 0) is 4.79 Å². The molecule has 1 heterocycles. The monoisotopic (exact) mass is 471 g/mol. The van der Waals surface area contributed by atoms with Gasteiger partial charge < -0.3 is 15.1 Å². The molecule has 3 aromatic carbocycles. The number of rotatable bonds is 7. The number of carbonyl (C=O) groups excluding carboxylic acids is 2. The standard InChI is InChI=1S/C28H29N3O2S/c1-4-31(23-12-6-5-7-13-23)17-16-29-27(32)22-14-15-25-24(18-22)30(3)28(33)26(34-25)19-21-11-9-8-10-20(21)2/h5-15,18-19H,4,16-17H2,1-3H3,(H,29,32). The minimum atomic E-state index is -0.140. The Balaban J connectivity index is 1.45. The summed E-state index contributed by atoms with van der Waals surface area (Å²) in [5.74, 6) is -0.209.